The van der Waals surface area contributed by atoms with E-state index >= 15 is 0 Å². The van der Waals surface area contributed by atoms with Crippen LogP contribution < -0.4 is 5.73 Å². The Morgan fingerprint density at radius 2 is 2.05 bits per heavy atom. The predicted molar refractivity (Wildman–Crippen MR) is 88.9 cm³/mol. The minimum absolute atomic E-state index is 0.0713. The standard InChI is InChI=1S/C16H23N3S/c1-4-14-18-12-8-5-6-9-13(12)19(14)11-7-10-16(2,3)15(17)20/h5-6,8-9H,4,7,10-11H2,1-3H3,(H2,17,20). The molecule has 0 bridgehead atoms. The molecule has 0 spiro atoms. The van der Waals surface area contributed by atoms with Crippen LogP contribution in [-0.4, -0.2) is 14.5 Å². The van der Waals surface area contributed by atoms with Crippen LogP contribution in [0.4, 0.5) is 0 Å². The zero-order chi connectivity index (χ0) is 14.8. The quantitative estimate of drug-likeness (QED) is 0.825. The first-order valence-corrected chi connectivity index (χ1v) is 7.60. The van der Waals surface area contributed by atoms with E-state index in [4.69, 9.17) is 22.9 Å². The lowest BCUT2D eigenvalue weighted by atomic mass is 9.88. The van der Waals surface area contributed by atoms with E-state index in [1.807, 2.05) is 6.07 Å². The third-order valence-corrected chi connectivity index (χ3v) is 4.45. The van der Waals surface area contributed by atoms with Crippen molar-refractivity contribution in [1.29, 1.82) is 0 Å². The molecule has 1 aromatic heterocycles. The van der Waals surface area contributed by atoms with E-state index in [2.05, 4.69) is 43.5 Å². The van der Waals surface area contributed by atoms with Crippen molar-refractivity contribution in [2.45, 2.75) is 46.6 Å². The van der Waals surface area contributed by atoms with Gasteiger partial charge in [-0.25, -0.2) is 4.98 Å². The highest BCUT2D eigenvalue weighted by Crippen LogP contribution is 2.24. The van der Waals surface area contributed by atoms with Crippen LogP contribution >= 0.6 is 12.2 Å². The zero-order valence-electron chi connectivity index (χ0n) is 12.5. The van der Waals surface area contributed by atoms with Crippen LogP contribution in [0.15, 0.2) is 24.3 Å². The average Bonchev–Trinajstić information content (AvgIpc) is 2.77. The van der Waals surface area contributed by atoms with Crippen LogP contribution in [0.25, 0.3) is 11.0 Å². The van der Waals surface area contributed by atoms with Gasteiger partial charge in [-0.1, -0.05) is 45.1 Å². The molecule has 0 aliphatic rings. The highest BCUT2D eigenvalue weighted by atomic mass is 32.1. The molecule has 1 heterocycles. The van der Waals surface area contributed by atoms with Gasteiger partial charge in [0.25, 0.3) is 0 Å². The van der Waals surface area contributed by atoms with Crippen LogP contribution in [0.1, 0.15) is 39.4 Å². The van der Waals surface area contributed by atoms with Crippen molar-refractivity contribution in [2.24, 2.45) is 11.1 Å². The SMILES string of the molecule is CCc1nc2ccccc2n1CCCC(C)(C)C(N)=S. The Balaban J connectivity index is 2.15. The number of nitrogens with two attached hydrogens (primary N) is 1. The van der Waals surface area contributed by atoms with Gasteiger partial charge in [0.2, 0.25) is 0 Å². The second-order valence-corrected chi connectivity index (χ2v) is 6.31. The summed E-state index contributed by atoms with van der Waals surface area (Å²) in [5.41, 5.74) is 8.02. The fraction of sp³-hybridized carbons (Fsp3) is 0.500. The molecule has 3 nitrogen and oxygen atoms in total. The maximum absolute atomic E-state index is 5.79. The molecule has 0 saturated carbocycles. The second-order valence-electron chi connectivity index (χ2n) is 5.87. The molecule has 2 N–H and O–H groups in total. The van der Waals surface area contributed by atoms with Crippen LogP contribution in [-0.2, 0) is 13.0 Å². The zero-order valence-corrected chi connectivity index (χ0v) is 13.3. The minimum Gasteiger partial charge on any atom is -0.393 e. The highest BCUT2D eigenvalue weighted by molar-refractivity contribution is 7.80. The Labute approximate surface area is 126 Å². The number of fused-ring (bicyclic) bond motifs is 1. The lowest BCUT2D eigenvalue weighted by molar-refractivity contribution is 0.436. The van der Waals surface area contributed by atoms with Gasteiger partial charge in [-0.2, -0.15) is 0 Å². The molecule has 0 aliphatic heterocycles. The maximum atomic E-state index is 5.79. The molecule has 0 aliphatic carbocycles. The predicted octanol–water partition coefficient (Wildman–Crippen LogP) is 3.69. The molecule has 0 fully saturated rings. The number of rotatable bonds is 6. The number of aromatic nitrogens is 2. The fourth-order valence-corrected chi connectivity index (χ4v) is 2.55. The Hall–Kier alpha value is -1.42. The molecule has 2 aromatic rings. The normalized spacial score (nSPS) is 11.9. The summed E-state index contributed by atoms with van der Waals surface area (Å²) >= 11 is 5.13. The van der Waals surface area contributed by atoms with Gasteiger partial charge >= 0.3 is 0 Å². The number of imidazole rings is 1. The van der Waals surface area contributed by atoms with E-state index in [0.29, 0.717) is 4.99 Å². The third-order valence-electron chi connectivity index (χ3n) is 3.90. The average molecular weight is 289 g/mol. The number of para-hydroxylation sites is 2. The van der Waals surface area contributed by atoms with Crippen LogP contribution in [0, 0.1) is 5.41 Å². The Kier molecular flexibility index (Phi) is 4.43. The molecular weight excluding hydrogens is 266 g/mol. The largest absolute Gasteiger partial charge is 0.393 e. The smallest absolute Gasteiger partial charge is 0.109 e. The molecule has 1 aromatic carbocycles. The Morgan fingerprint density at radius 3 is 2.70 bits per heavy atom. The second kappa shape index (κ2) is 5.92. The minimum atomic E-state index is -0.0713. The van der Waals surface area contributed by atoms with Crippen molar-refractivity contribution in [3.05, 3.63) is 30.1 Å². The molecule has 2 rings (SSSR count). The number of hydrogen-bond donors (Lipinski definition) is 1. The molecule has 108 valence electrons. The third kappa shape index (κ3) is 3.01. The van der Waals surface area contributed by atoms with E-state index in [9.17, 15) is 0 Å². The molecule has 0 radical (unpaired) electrons. The molecule has 0 unspecified atom stereocenters. The van der Waals surface area contributed by atoms with Gasteiger partial charge in [0, 0.05) is 18.4 Å². The molecule has 4 heteroatoms. The molecule has 0 atom stereocenters. The van der Waals surface area contributed by atoms with Gasteiger partial charge in [-0.3, -0.25) is 0 Å². The Bertz CT molecular complexity index is 613. The van der Waals surface area contributed by atoms with Gasteiger partial charge < -0.3 is 10.3 Å². The van der Waals surface area contributed by atoms with Crippen molar-refractivity contribution < 1.29 is 0 Å². The number of aryl methyl sites for hydroxylation is 2. The molecule has 0 amide bonds. The van der Waals surface area contributed by atoms with Gasteiger partial charge in [0.05, 0.1) is 16.0 Å². The monoisotopic (exact) mass is 289 g/mol. The molecular formula is C16H23N3S. The van der Waals surface area contributed by atoms with E-state index in [1.54, 1.807) is 0 Å². The summed E-state index contributed by atoms with van der Waals surface area (Å²) in [5.74, 6) is 1.15. The molecule has 20 heavy (non-hydrogen) atoms. The van der Waals surface area contributed by atoms with Gasteiger partial charge in [-0.15, -0.1) is 0 Å². The van der Waals surface area contributed by atoms with Gasteiger partial charge in [-0.05, 0) is 25.0 Å². The van der Waals surface area contributed by atoms with Crippen LogP contribution in [0.2, 0.25) is 0 Å². The topological polar surface area (TPSA) is 43.8 Å². The van der Waals surface area contributed by atoms with E-state index in [0.717, 1.165) is 37.1 Å². The first-order valence-electron chi connectivity index (χ1n) is 7.20. The van der Waals surface area contributed by atoms with Crippen molar-refractivity contribution >= 4 is 28.2 Å². The van der Waals surface area contributed by atoms with Gasteiger partial charge in [0.1, 0.15) is 5.82 Å². The van der Waals surface area contributed by atoms with E-state index < -0.39 is 0 Å². The number of thiocarbonyl (C=S) groups is 1. The van der Waals surface area contributed by atoms with Crippen LogP contribution in [0.3, 0.4) is 0 Å². The number of nitrogens with zero attached hydrogens (tertiary/aromatic N) is 2. The lowest BCUT2D eigenvalue weighted by Gasteiger charge is -2.23. The summed E-state index contributed by atoms with van der Waals surface area (Å²) < 4.78 is 2.32. The van der Waals surface area contributed by atoms with Crippen molar-refractivity contribution in [3.63, 3.8) is 0 Å². The van der Waals surface area contributed by atoms with E-state index in [-0.39, 0.29) is 5.41 Å². The first kappa shape index (κ1) is 15.0. The van der Waals surface area contributed by atoms with Crippen molar-refractivity contribution in [2.75, 3.05) is 0 Å². The maximum Gasteiger partial charge on any atom is 0.109 e. The van der Waals surface area contributed by atoms with E-state index in [1.165, 1.54) is 5.52 Å². The lowest BCUT2D eigenvalue weighted by Crippen LogP contribution is -2.29. The summed E-state index contributed by atoms with van der Waals surface area (Å²) in [6.45, 7) is 7.34. The summed E-state index contributed by atoms with van der Waals surface area (Å²) in [5, 5.41) is 0. The summed E-state index contributed by atoms with van der Waals surface area (Å²) in [6.07, 6.45) is 3.00. The first-order chi connectivity index (χ1) is 9.45. The number of benzene rings is 1. The summed E-state index contributed by atoms with van der Waals surface area (Å²) in [7, 11) is 0. The van der Waals surface area contributed by atoms with Crippen LogP contribution in [0.5, 0.6) is 0 Å². The summed E-state index contributed by atoms with van der Waals surface area (Å²) in [6, 6.07) is 8.32. The van der Waals surface area contributed by atoms with Crippen molar-refractivity contribution in [1.82, 2.24) is 9.55 Å². The molecule has 0 saturated heterocycles. The highest BCUT2D eigenvalue weighted by Gasteiger charge is 2.21. The number of hydrogen-bond acceptors (Lipinski definition) is 2. The summed E-state index contributed by atoms with van der Waals surface area (Å²) in [4.78, 5) is 5.29. The Morgan fingerprint density at radius 1 is 1.35 bits per heavy atom. The van der Waals surface area contributed by atoms with Gasteiger partial charge in [0.15, 0.2) is 0 Å². The fourth-order valence-electron chi connectivity index (χ4n) is 2.45. The van der Waals surface area contributed by atoms with Crippen molar-refractivity contribution in [3.8, 4) is 0 Å².